The Hall–Kier alpha value is -3.72. The van der Waals surface area contributed by atoms with Gasteiger partial charge in [-0.05, 0) is 25.1 Å². The molecule has 0 radical (unpaired) electrons. The van der Waals surface area contributed by atoms with E-state index < -0.39 is 0 Å². The fraction of sp³-hybridized carbons (Fsp3) is 0.360. The molecular weight excluding hydrogens is 430 g/mol. The molecule has 0 unspecified atom stereocenters. The first-order chi connectivity index (χ1) is 16.4. The second kappa shape index (κ2) is 10.0. The summed E-state index contributed by atoms with van der Waals surface area (Å²) in [4.78, 5) is 7.03. The zero-order chi connectivity index (χ0) is 24.2. The fourth-order valence-electron chi connectivity index (χ4n) is 3.86. The lowest BCUT2D eigenvalue weighted by molar-refractivity contribution is 0.392. The maximum absolute atomic E-state index is 5.63. The number of nitrogens with one attached hydrogen (secondary N) is 1. The van der Waals surface area contributed by atoms with Crippen LogP contribution in [0.25, 0.3) is 22.4 Å². The molecular formula is C25H31N7O2. The van der Waals surface area contributed by atoms with Crippen molar-refractivity contribution in [3.63, 3.8) is 0 Å². The number of aromatic nitrogens is 5. The van der Waals surface area contributed by atoms with Gasteiger partial charge in [-0.15, -0.1) is 10.2 Å². The number of methoxy groups -OCH3 is 2. The van der Waals surface area contributed by atoms with Crippen LogP contribution in [0.3, 0.4) is 0 Å². The Kier molecular flexibility index (Phi) is 6.93. The molecule has 4 rings (SSSR count). The molecule has 0 aliphatic carbocycles. The van der Waals surface area contributed by atoms with Gasteiger partial charge in [0.05, 0.1) is 37.2 Å². The van der Waals surface area contributed by atoms with Gasteiger partial charge in [0, 0.05) is 55.8 Å². The highest BCUT2D eigenvalue weighted by atomic mass is 16.5. The number of hydrogen-bond acceptors (Lipinski definition) is 8. The molecule has 178 valence electrons. The molecule has 0 atom stereocenters. The predicted molar refractivity (Wildman–Crippen MR) is 134 cm³/mol. The molecule has 1 N–H and O–H groups in total. The second-order valence-corrected chi connectivity index (χ2v) is 8.45. The Labute approximate surface area is 199 Å². The van der Waals surface area contributed by atoms with E-state index in [0.29, 0.717) is 11.9 Å². The quantitative estimate of drug-likeness (QED) is 0.402. The summed E-state index contributed by atoms with van der Waals surface area (Å²) >= 11 is 0. The zero-order valence-corrected chi connectivity index (χ0v) is 20.5. The normalized spacial score (nSPS) is 11.3. The molecule has 2 aromatic heterocycles. The van der Waals surface area contributed by atoms with Crippen molar-refractivity contribution in [1.29, 1.82) is 0 Å². The highest BCUT2D eigenvalue weighted by molar-refractivity contribution is 5.82. The van der Waals surface area contributed by atoms with Gasteiger partial charge in [-0.3, -0.25) is 4.68 Å². The Morgan fingerprint density at radius 3 is 2.56 bits per heavy atom. The number of benzene rings is 2. The molecule has 34 heavy (non-hydrogen) atoms. The van der Waals surface area contributed by atoms with Gasteiger partial charge >= 0.3 is 0 Å². The summed E-state index contributed by atoms with van der Waals surface area (Å²) in [7, 11) is 5.20. The van der Waals surface area contributed by atoms with Gasteiger partial charge in [-0.25, -0.2) is 4.98 Å². The lowest BCUT2D eigenvalue weighted by Crippen LogP contribution is -2.33. The minimum absolute atomic E-state index is 0.387. The molecule has 0 saturated heterocycles. The summed E-state index contributed by atoms with van der Waals surface area (Å²) in [6.07, 6.45) is 3.62. The minimum Gasteiger partial charge on any atom is -0.497 e. The van der Waals surface area contributed by atoms with Gasteiger partial charge in [0.2, 0.25) is 0 Å². The van der Waals surface area contributed by atoms with Gasteiger partial charge in [0.1, 0.15) is 17.0 Å². The third-order valence-electron chi connectivity index (χ3n) is 5.65. The maximum Gasteiger partial charge on any atom is 0.185 e. The van der Waals surface area contributed by atoms with Crippen molar-refractivity contribution in [2.45, 2.75) is 26.8 Å². The highest BCUT2D eigenvalue weighted by Crippen LogP contribution is 2.37. The van der Waals surface area contributed by atoms with Crippen LogP contribution < -0.4 is 19.7 Å². The Bertz CT molecular complexity index is 1290. The van der Waals surface area contributed by atoms with Gasteiger partial charge in [-0.2, -0.15) is 5.10 Å². The molecule has 4 aromatic rings. The first kappa shape index (κ1) is 23.4. The topological polar surface area (TPSA) is 90.2 Å². The fourth-order valence-corrected chi connectivity index (χ4v) is 3.86. The lowest BCUT2D eigenvalue weighted by Gasteiger charge is -2.28. The number of nitrogens with zero attached hydrogens (tertiary/aromatic N) is 6. The minimum atomic E-state index is 0.387. The smallest absolute Gasteiger partial charge is 0.185 e. The van der Waals surface area contributed by atoms with Crippen LogP contribution in [0.5, 0.6) is 11.5 Å². The van der Waals surface area contributed by atoms with E-state index in [9.17, 15) is 0 Å². The Morgan fingerprint density at radius 1 is 1.06 bits per heavy atom. The van der Waals surface area contributed by atoms with E-state index in [2.05, 4.69) is 46.3 Å². The van der Waals surface area contributed by atoms with Gasteiger partial charge in [0.25, 0.3) is 0 Å². The molecule has 9 heteroatoms. The van der Waals surface area contributed by atoms with Gasteiger partial charge in [-0.1, -0.05) is 13.8 Å². The van der Waals surface area contributed by atoms with E-state index in [-0.39, 0.29) is 0 Å². The molecule has 2 heterocycles. The Balaban J connectivity index is 1.80. The van der Waals surface area contributed by atoms with Crippen LogP contribution >= 0.6 is 0 Å². The Morgan fingerprint density at radius 2 is 1.88 bits per heavy atom. The molecule has 0 fully saturated rings. The summed E-state index contributed by atoms with van der Waals surface area (Å²) < 4.78 is 12.9. The van der Waals surface area contributed by atoms with E-state index >= 15 is 0 Å². The molecule has 0 spiro atoms. The highest BCUT2D eigenvalue weighted by Gasteiger charge is 2.18. The molecule has 0 saturated carbocycles. The van der Waals surface area contributed by atoms with Crippen LogP contribution in [0.1, 0.15) is 19.4 Å². The van der Waals surface area contributed by atoms with E-state index in [1.54, 1.807) is 25.1 Å². The van der Waals surface area contributed by atoms with Crippen molar-refractivity contribution in [2.24, 2.45) is 7.05 Å². The van der Waals surface area contributed by atoms with Crippen molar-refractivity contribution in [2.75, 3.05) is 32.2 Å². The molecule has 2 aromatic carbocycles. The second-order valence-electron chi connectivity index (χ2n) is 8.45. The van der Waals surface area contributed by atoms with Crippen molar-refractivity contribution in [3.05, 3.63) is 48.3 Å². The predicted octanol–water partition coefficient (Wildman–Crippen LogP) is 3.89. The monoisotopic (exact) mass is 461 g/mol. The molecule has 0 amide bonds. The number of anilines is 2. The van der Waals surface area contributed by atoms with E-state index in [1.165, 1.54) is 0 Å². The van der Waals surface area contributed by atoms with Crippen molar-refractivity contribution < 1.29 is 9.47 Å². The van der Waals surface area contributed by atoms with Crippen molar-refractivity contribution >= 4 is 22.4 Å². The first-order valence-corrected chi connectivity index (χ1v) is 11.3. The summed E-state index contributed by atoms with van der Waals surface area (Å²) in [5.41, 5.74) is 5.36. The van der Waals surface area contributed by atoms with Gasteiger partial charge < -0.3 is 19.7 Å². The van der Waals surface area contributed by atoms with Crippen LogP contribution in [0.4, 0.5) is 11.4 Å². The molecule has 0 aliphatic rings. The number of rotatable bonds is 9. The summed E-state index contributed by atoms with van der Waals surface area (Å²) in [5, 5.41) is 16.4. The van der Waals surface area contributed by atoms with E-state index in [1.807, 2.05) is 43.6 Å². The lowest BCUT2D eigenvalue weighted by atomic mass is 10.1. The summed E-state index contributed by atoms with van der Waals surface area (Å²) in [5.74, 6) is 2.06. The molecule has 0 aliphatic heterocycles. The van der Waals surface area contributed by atoms with Crippen LogP contribution in [-0.4, -0.2) is 58.3 Å². The third kappa shape index (κ3) is 4.94. The van der Waals surface area contributed by atoms with Crippen LogP contribution in [0.2, 0.25) is 0 Å². The van der Waals surface area contributed by atoms with Crippen LogP contribution in [0, 0.1) is 6.92 Å². The van der Waals surface area contributed by atoms with Crippen molar-refractivity contribution in [1.82, 2.24) is 30.3 Å². The maximum atomic E-state index is 5.63. The zero-order valence-electron chi connectivity index (χ0n) is 20.5. The number of hydrogen-bond donors (Lipinski definition) is 1. The largest absolute Gasteiger partial charge is 0.497 e. The van der Waals surface area contributed by atoms with Crippen LogP contribution in [-0.2, 0) is 7.05 Å². The average Bonchev–Trinajstić information content (AvgIpc) is 3.27. The number of fused-ring (bicyclic) bond motifs is 1. The number of aryl methyl sites for hydroxylation is 1. The number of ether oxygens (including phenoxy) is 2. The molecule has 9 nitrogen and oxygen atoms in total. The summed E-state index contributed by atoms with van der Waals surface area (Å²) in [6.45, 7) is 7.89. The first-order valence-electron chi connectivity index (χ1n) is 11.3. The van der Waals surface area contributed by atoms with E-state index in [0.717, 1.165) is 58.1 Å². The SMILES string of the molecule is COc1cc(OC)c(C)c(N(CCNC(C)C)c2ccc3nnc(-c4cnn(C)c4)nc3c2)c1. The van der Waals surface area contributed by atoms with Crippen molar-refractivity contribution in [3.8, 4) is 22.9 Å². The van der Waals surface area contributed by atoms with Gasteiger partial charge in [0.15, 0.2) is 5.82 Å². The molecule has 0 bridgehead atoms. The summed E-state index contributed by atoms with van der Waals surface area (Å²) in [6, 6.07) is 10.4. The average molecular weight is 462 g/mol. The van der Waals surface area contributed by atoms with Crippen LogP contribution in [0.15, 0.2) is 42.7 Å². The van der Waals surface area contributed by atoms with E-state index in [4.69, 9.17) is 14.5 Å². The standard InChI is InChI=1S/C25H31N7O2/c1-16(2)26-9-10-32(23-12-20(33-5)13-24(34-6)17(23)3)19-7-8-21-22(11-19)28-25(30-29-21)18-14-27-31(4)15-18/h7-8,11-16,26H,9-10H2,1-6H3. The third-order valence-corrected chi connectivity index (χ3v) is 5.65.